The van der Waals surface area contributed by atoms with E-state index in [1.54, 1.807) is 13.0 Å². The lowest BCUT2D eigenvalue weighted by Crippen LogP contribution is -1.95. The fraction of sp³-hybridized carbons (Fsp3) is 0.125. The van der Waals surface area contributed by atoms with E-state index in [0.29, 0.717) is 22.4 Å². The van der Waals surface area contributed by atoms with Gasteiger partial charge >= 0.3 is 0 Å². The number of hydrogen-bond donors (Lipinski definition) is 0. The van der Waals surface area contributed by atoms with Crippen molar-refractivity contribution in [1.82, 2.24) is 10.2 Å². The van der Waals surface area contributed by atoms with E-state index >= 15 is 0 Å². The number of aromatic nitrogens is 2. The summed E-state index contributed by atoms with van der Waals surface area (Å²) in [6.45, 7) is 1.74. The molecule has 0 atom stereocenters. The molecule has 0 fully saturated rings. The first-order chi connectivity index (χ1) is 11.5. The lowest BCUT2D eigenvalue weighted by molar-refractivity contribution is -0.385. The minimum absolute atomic E-state index is 0.119. The van der Waals surface area contributed by atoms with E-state index in [1.165, 1.54) is 17.8 Å². The number of benzene rings is 2. The second-order valence-electron chi connectivity index (χ2n) is 4.99. The predicted molar refractivity (Wildman–Crippen MR) is 94.8 cm³/mol. The van der Waals surface area contributed by atoms with Gasteiger partial charge in [-0.1, -0.05) is 45.9 Å². The molecule has 0 unspecified atom stereocenters. The fourth-order valence-corrected chi connectivity index (χ4v) is 3.40. The topological polar surface area (TPSA) is 82.1 Å². The standard InChI is InChI=1S/C16H12BrN3O3S/c1-10-12(5-3-7-14(10)20(21)22)9-24-16-19-18-15(23-16)11-4-2-6-13(17)8-11/h2-8H,9H2,1H3. The number of halogens is 1. The van der Waals surface area contributed by atoms with Gasteiger partial charge in [-0.2, -0.15) is 0 Å². The lowest BCUT2D eigenvalue weighted by atomic mass is 10.1. The van der Waals surface area contributed by atoms with Crippen LogP contribution in [0.2, 0.25) is 0 Å². The molecular weight excluding hydrogens is 394 g/mol. The van der Waals surface area contributed by atoms with Crippen LogP contribution in [-0.4, -0.2) is 15.1 Å². The Morgan fingerprint density at radius 2 is 2.04 bits per heavy atom. The molecule has 0 amide bonds. The number of rotatable bonds is 5. The molecule has 6 nitrogen and oxygen atoms in total. The predicted octanol–water partition coefficient (Wildman–Crippen LogP) is 5.01. The van der Waals surface area contributed by atoms with E-state index in [9.17, 15) is 10.1 Å². The molecule has 1 heterocycles. The summed E-state index contributed by atoms with van der Waals surface area (Å²) in [5.41, 5.74) is 2.47. The molecule has 24 heavy (non-hydrogen) atoms. The molecule has 0 aliphatic carbocycles. The van der Waals surface area contributed by atoms with Crippen molar-refractivity contribution in [3.8, 4) is 11.5 Å². The highest BCUT2D eigenvalue weighted by Gasteiger charge is 2.15. The molecule has 0 aliphatic rings. The zero-order valence-corrected chi connectivity index (χ0v) is 15.0. The summed E-state index contributed by atoms with van der Waals surface area (Å²) in [5.74, 6) is 0.961. The van der Waals surface area contributed by atoms with Crippen molar-refractivity contribution < 1.29 is 9.34 Å². The molecule has 0 saturated heterocycles. The largest absolute Gasteiger partial charge is 0.411 e. The van der Waals surface area contributed by atoms with E-state index < -0.39 is 0 Å². The highest BCUT2D eigenvalue weighted by Crippen LogP contribution is 2.29. The van der Waals surface area contributed by atoms with Gasteiger partial charge < -0.3 is 4.42 Å². The molecule has 0 saturated carbocycles. The van der Waals surface area contributed by atoms with Crippen molar-refractivity contribution in [2.75, 3.05) is 0 Å². The summed E-state index contributed by atoms with van der Waals surface area (Å²) >= 11 is 4.76. The van der Waals surface area contributed by atoms with Crippen LogP contribution in [-0.2, 0) is 5.75 Å². The zero-order chi connectivity index (χ0) is 17.1. The summed E-state index contributed by atoms with van der Waals surface area (Å²) in [5, 5.41) is 19.5. The van der Waals surface area contributed by atoms with Gasteiger partial charge in [-0.3, -0.25) is 10.1 Å². The van der Waals surface area contributed by atoms with E-state index in [4.69, 9.17) is 4.42 Å². The average Bonchev–Trinajstić information content (AvgIpc) is 3.02. The molecule has 0 aliphatic heterocycles. The Bertz CT molecular complexity index is 898. The molecule has 122 valence electrons. The van der Waals surface area contributed by atoms with E-state index in [1.807, 2.05) is 30.3 Å². The van der Waals surface area contributed by atoms with Gasteiger partial charge in [0, 0.05) is 27.4 Å². The minimum Gasteiger partial charge on any atom is -0.411 e. The second kappa shape index (κ2) is 7.14. The van der Waals surface area contributed by atoms with E-state index in [2.05, 4.69) is 26.1 Å². The molecule has 8 heteroatoms. The highest BCUT2D eigenvalue weighted by molar-refractivity contribution is 9.10. The molecule has 0 radical (unpaired) electrons. The van der Waals surface area contributed by atoms with Gasteiger partial charge in [0.1, 0.15) is 0 Å². The lowest BCUT2D eigenvalue weighted by Gasteiger charge is -2.04. The Balaban J connectivity index is 1.75. The summed E-state index contributed by atoms with van der Waals surface area (Å²) in [6, 6.07) is 12.6. The van der Waals surface area contributed by atoms with Crippen molar-refractivity contribution in [1.29, 1.82) is 0 Å². The van der Waals surface area contributed by atoms with Crippen LogP contribution in [0.15, 0.2) is 56.6 Å². The van der Waals surface area contributed by atoms with Gasteiger partial charge in [0.25, 0.3) is 10.9 Å². The zero-order valence-electron chi connectivity index (χ0n) is 12.6. The van der Waals surface area contributed by atoms with Crippen LogP contribution >= 0.6 is 27.7 Å². The maximum absolute atomic E-state index is 11.0. The Hall–Kier alpha value is -2.19. The SMILES string of the molecule is Cc1c(CSc2nnc(-c3cccc(Br)c3)o2)cccc1[N+](=O)[O-]. The van der Waals surface area contributed by atoms with Gasteiger partial charge in [-0.05, 0) is 30.7 Å². The summed E-state index contributed by atoms with van der Waals surface area (Å²) in [7, 11) is 0. The third-order valence-corrected chi connectivity index (χ3v) is 4.80. The molecule has 1 aromatic heterocycles. The van der Waals surface area contributed by atoms with Gasteiger partial charge in [0.15, 0.2) is 0 Å². The Kier molecular flexibility index (Phi) is 4.96. The van der Waals surface area contributed by atoms with Crippen LogP contribution in [0.25, 0.3) is 11.5 Å². The monoisotopic (exact) mass is 405 g/mol. The van der Waals surface area contributed by atoms with Crippen molar-refractivity contribution in [2.45, 2.75) is 17.9 Å². The van der Waals surface area contributed by atoms with Crippen LogP contribution in [0.4, 0.5) is 5.69 Å². The molecule has 0 N–H and O–H groups in total. The summed E-state index contributed by atoms with van der Waals surface area (Å²) < 4.78 is 6.58. The quantitative estimate of drug-likeness (QED) is 0.337. The van der Waals surface area contributed by atoms with Gasteiger partial charge in [-0.25, -0.2) is 0 Å². The first kappa shape index (κ1) is 16.7. The summed E-state index contributed by atoms with van der Waals surface area (Å²) in [4.78, 5) is 10.6. The van der Waals surface area contributed by atoms with E-state index in [-0.39, 0.29) is 10.6 Å². The van der Waals surface area contributed by atoms with Gasteiger partial charge in [-0.15, -0.1) is 10.2 Å². The van der Waals surface area contributed by atoms with Crippen LogP contribution in [0.3, 0.4) is 0 Å². The molecule has 0 bridgehead atoms. The van der Waals surface area contributed by atoms with Crippen LogP contribution in [0.5, 0.6) is 0 Å². The van der Waals surface area contributed by atoms with Gasteiger partial charge in [0.05, 0.1) is 4.92 Å². The van der Waals surface area contributed by atoms with Crippen LogP contribution in [0.1, 0.15) is 11.1 Å². The van der Waals surface area contributed by atoms with Crippen LogP contribution < -0.4 is 0 Å². The first-order valence-electron chi connectivity index (χ1n) is 6.99. The van der Waals surface area contributed by atoms with E-state index in [0.717, 1.165) is 15.6 Å². The van der Waals surface area contributed by atoms with Crippen LogP contribution in [0, 0.1) is 17.0 Å². The van der Waals surface area contributed by atoms with Crippen molar-refractivity contribution in [3.05, 3.63) is 68.2 Å². The fourth-order valence-electron chi connectivity index (χ4n) is 2.17. The second-order valence-corrected chi connectivity index (χ2v) is 6.83. The summed E-state index contributed by atoms with van der Waals surface area (Å²) in [6.07, 6.45) is 0. The van der Waals surface area contributed by atoms with Crippen molar-refractivity contribution in [3.63, 3.8) is 0 Å². The third-order valence-electron chi connectivity index (χ3n) is 3.44. The maximum Gasteiger partial charge on any atom is 0.277 e. The third kappa shape index (κ3) is 3.65. The highest BCUT2D eigenvalue weighted by atomic mass is 79.9. The van der Waals surface area contributed by atoms with Crippen molar-refractivity contribution >= 4 is 33.4 Å². The number of nitro benzene ring substituents is 1. The van der Waals surface area contributed by atoms with Crippen molar-refractivity contribution in [2.24, 2.45) is 0 Å². The molecular formula is C16H12BrN3O3S. The number of hydrogen-bond acceptors (Lipinski definition) is 6. The Labute approximate surface area is 150 Å². The minimum atomic E-state index is -0.373. The number of nitro groups is 1. The number of nitrogens with zero attached hydrogens (tertiary/aromatic N) is 3. The molecule has 3 rings (SSSR count). The molecule has 2 aromatic carbocycles. The van der Waals surface area contributed by atoms with Gasteiger partial charge in [0.2, 0.25) is 5.89 Å². The maximum atomic E-state index is 11.0. The Morgan fingerprint density at radius 1 is 1.25 bits per heavy atom. The Morgan fingerprint density at radius 3 is 2.79 bits per heavy atom. The first-order valence-corrected chi connectivity index (χ1v) is 8.77. The average molecular weight is 406 g/mol. The number of thioether (sulfide) groups is 1. The smallest absolute Gasteiger partial charge is 0.277 e. The normalized spacial score (nSPS) is 10.8. The molecule has 3 aromatic rings. The molecule has 0 spiro atoms.